The van der Waals surface area contributed by atoms with E-state index in [2.05, 4.69) is 38.6 Å². The summed E-state index contributed by atoms with van der Waals surface area (Å²) in [5, 5.41) is 5.06. The van der Waals surface area contributed by atoms with Gasteiger partial charge < -0.3 is 15.5 Å². The first-order valence-corrected chi connectivity index (χ1v) is 8.34. The third-order valence-electron chi connectivity index (χ3n) is 3.90. The highest BCUT2D eigenvalue weighted by atomic mass is 19.1. The zero-order chi connectivity index (χ0) is 17.5. The van der Waals surface area contributed by atoms with Crippen molar-refractivity contribution in [1.82, 2.24) is 5.32 Å². The normalized spacial score (nSPS) is 13.2. The molecule has 1 aromatic carbocycles. The minimum absolute atomic E-state index is 0.0557. The molecule has 0 radical (unpaired) electrons. The molecule has 130 valence electrons. The zero-order valence-electron chi connectivity index (χ0n) is 15.1. The molecule has 0 aliphatic carbocycles. The van der Waals surface area contributed by atoms with Crippen LogP contribution in [-0.4, -0.2) is 45.7 Å². The van der Waals surface area contributed by atoms with Gasteiger partial charge in [0.2, 0.25) is 0 Å². The third-order valence-corrected chi connectivity index (χ3v) is 3.90. The van der Waals surface area contributed by atoms with Crippen LogP contribution >= 0.6 is 0 Å². The van der Waals surface area contributed by atoms with E-state index in [9.17, 15) is 9.18 Å². The molecule has 0 fully saturated rings. The molecule has 0 spiro atoms. The molecule has 0 heterocycles. The molecule has 1 rings (SSSR count). The van der Waals surface area contributed by atoms with Crippen LogP contribution in [0.5, 0.6) is 0 Å². The predicted octanol–water partition coefficient (Wildman–Crippen LogP) is -0.393. The maximum absolute atomic E-state index is 12.8. The molecule has 0 saturated heterocycles. The van der Waals surface area contributed by atoms with E-state index in [1.165, 1.54) is 17.0 Å². The van der Waals surface area contributed by atoms with Gasteiger partial charge in [0.1, 0.15) is 5.82 Å². The maximum atomic E-state index is 12.8. The summed E-state index contributed by atoms with van der Waals surface area (Å²) in [6.45, 7) is 8.97. The Morgan fingerprint density at radius 3 is 2.48 bits per heavy atom. The van der Waals surface area contributed by atoms with Crippen molar-refractivity contribution in [2.24, 2.45) is 5.41 Å². The Labute approximate surface area is 139 Å². The van der Waals surface area contributed by atoms with Crippen LogP contribution in [0, 0.1) is 11.2 Å². The second-order valence-electron chi connectivity index (χ2n) is 7.44. The fourth-order valence-electron chi connectivity index (χ4n) is 2.77. The number of hydrogen-bond donors (Lipinski definition) is 3. The van der Waals surface area contributed by atoms with Crippen LogP contribution in [0.3, 0.4) is 0 Å². The summed E-state index contributed by atoms with van der Waals surface area (Å²) in [5.74, 6) is -0.178. The number of quaternary nitrogens is 2. The number of benzene rings is 1. The van der Waals surface area contributed by atoms with Crippen LogP contribution in [0.1, 0.15) is 26.3 Å². The molecular formula is C18H32FN3O+2. The molecule has 0 unspecified atom stereocenters. The second-order valence-corrected chi connectivity index (χ2v) is 7.44. The number of hydrogen-bond acceptors (Lipinski definition) is 1. The summed E-state index contributed by atoms with van der Waals surface area (Å²) >= 11 is 0. The lowest BCUT2D eigenvalue weighted by Gasteiger charge is -2.25. The van der Waals surface area contributed by atoms with E-state index in [0.29, 0.717) is 13.0 Å². The Morgan fingerprint density at radius 2 is 1.91 bits per heavy atom. The van der Waals surface area contributed by atoms with Crippen molar-refractivity contribution in [2.45, 2.75) is 33.2 Å². The molecule has 4 nitrogen and oxygen atoms in total. The molecule has 1 aromatic rings. The first kappa shape index (κ1) is 19.6. The zero-order valence-corrected chi connectivity index (χ0v) is 15.1. The van der Waals surface area contributed by atoms with Crippen molar-refractivity contribution in [2.75, 3.05) is 33.7 Å². The number of rotatable bonds is 9. The van der Waals surface area contributed by atoms with Gasteiger partial charge in [0.15, 0.2) is 6.04 Å². The summed E-state index contributed by atoms with van der Waals surface area (Å²) in [5.41, 5.74) is 1.22. The molecule has 0 aromatic heterocycles. The highest BCUT2D eigenvalue weighted by molar-refractivity contribution is 5.79. The Morgan fingerprint density at radius 1 is 1.30 bits per heavy atom. The van der Waals surface area contributed by atoms with Gasteiger partial charge in [-0.1, -0.05) is 12.1 Å². The summed E-state index contributed by atoms with van der Waals surface area (Å²) in [7, 11) is 4.29. The van der Waals surface area contributed by atoms with Crippen LogP contribution < -0.4 is 15.5 Å². The van der Waals surface area contributed by atoms with Crippen molar-refractivity contribution in [1.29, 1.82) is 0 Å². The minimum Gasteiger partial charge on any atom is -0.351 e. The summed E-state index contributed by atoms with van der Waals surface area (Å²) in [6, 6.07) is 6.30. The van der Waals surface area contributed by atoms with E-state index < -0.39 is 0 Å². The Bertz CT molecular complexity index is 486. The Balaban J connectivity index is 2.29. The maximum Gasteiger partial charge on any atom is 0.277 e. The fraction of sp³-hybridized carbons (Fsp3) is 0.611. The molecule has 0 saturated carbocycles. The minimum atomic E-state index is -0.233. The number of carbonyl (C=O) groups is 1. The largest absolute Gasteiger partial charge is 0.351 e. The standard InChI is InChI=1S/C18H30FN3O/c1-14(21-12-18(2,3)13-22(4)5)17(23)20-11-10-15-6-8-16(19)9-7-15/h6-9,14,21H,10-13H2,1-5H3,(H,20,23)/p+2/t14-/m0/s1. The molecule has 23 heavy (non-hydrogen) atoms. The van der Waals surface area contributed by atoms with Crippen molar-refractivity contribution in [3.8, 4) is 0 Å². The summed E-state index contributed by atoms with van der Waals surface area (Å²) in [4.78, 5) is 13.5. The van der Waals surface area contributed by atoms with E-state index in [0.717, 1.165) is 18.7 Å². The predicted molar refractivity (Wildman–Crippen MR) is 90.8 cm³/mol. The lowest BCUT2D eigenvalue weighted by atomic mass is 9.92. The highest BCUT2D eigenvalue weighted by Gasteiger charge is 2.26. The average molecular weight is 325 g/mol. The van der Waals surface area contributed by atoms with Gasteiger partial charge in [-0.25, -0.2) is 4.39 Å². The van der Waals surface area contributed by atoms with Gasteiger partial charge in [-0.2, -0.15) is 0 Å². The van der Waals surface area contributed by atoms with Gasteiger partial charge >= 0.3 is 0 Å². The first-order valence-electron chi connectivity index (χ1n) is 8.34. The molecule has 1 amide bonds. The molecule has 0 aliphatic heterocycles. The van der Waals surface area contributed by atoms with Gasteiger partial charge in [-0.15, -0.1) is 0 Å². The number of nitrogens with two attached hydrogens (primary N) is 1. The summed E-state index contributed by atoms with van der Waals surface area (Å²) < 4.78 is 12.8. The molecule has 5 heteroatoms. The van der Waals surface area contributed by atoms with Crippen LogP contribution in [0.15, 0.2) is 24.3 Å². The first-order chi connectivity index (χ1) is 10.7. The van der Waals surface area contributed by atoms with E-state index >= 15 is 0 Å². The van der Waals surface area contributed by atoms with Gasteiger partial charge in [0.05, 0.1) is 32.6 Å². The van der Waals surface area contributed by atoms with Gasteiger partial charge in [0, 0.05) is 6.54 Å². The van der Waals surface area contributed by atoms with E-state index in [1.54, 1.807) is 12.1 Å². The van der Waals surface area contributed by atoms with E-state index in [-0.39, 0.29) is 23.2 Å². The van der Waals surface area contributed by atoms with Crippen LogP contribution in [0.2, 0.25) is 0 Å². The average Bonchev–Trinajstić information content (AvgIpc) is 2.45. The Hall–Kier alpha value is -1.46. The number of carbonyl (C=O) groups excluding carboxylic acids is 1. The van der Waals surface area contributed by atoms with Crippen LogP contribution in [0.4, 0.5) is 4.39 Å². The van der Waals surface area contributed by atoms with Crippen molar-refractivity contribution < 1.29 is 19.4 Å². The molecule has 0 bridgehead atoms. The highest BCUT2D eigenvalue weighted by Crippen LogP contribution is 2.07. The lowest BCUT2D eigenvalue weighted by molar-refractivity contribution is -0.868. The quantitative estimate of drug-likeness (QED) is 0.569. The molecule has 1 atom stereocenters. The SMILES string of the molecule is C[C@H]([NH2+]CC(C)(C)C[NH+](C)C)C(=O)NCCc1ccc(F)cc1. The van der Waals surface area contributed by atoms with Gasteiger partial charge in [-0.05, 0) is 44.9 Å². The second kappa shape index (κ2) is 8.99. The lowest BCUT2D eigenvalue weighted by Crippen LogP contribution is -3.08. The fourth-order valence-corrected chi connectivity index (χ4v) is 2.77. The smallest absolute Gasteiger partial charge is 0.277 e. The molecule has 4 N–H and O–H groups in total. The van der Waals surface area contributed by atoms with E-state index in [1.807, 2.05) is 6.92 Å². The van der Waals surface area contributed by atoms with Crippen LogP contribution in [-0.2, 0) is 11.2 Å². The molecular weight excluding hydrogens is 293 g/mol. The number of nitrogens with one attached hydrogen (secondary N) is 2. The third kappa shape index (κ3) is 8.09. The van der Waals surface area contributed by atoms with Crippen molar-refractivity contribution >= 4 is 5.91 Å². The van der Waals surface area contributed by atoms with E-state index in [4.69, 9.17) is 0 Å². The Kier molecular flexibility index (Phi) is 7.65. The van der Waals surface area contributed by atoms with Crippen molar-refractivity contribution in [3.63, 3.8) is 0 Å². The molecule has 0 aliphatic rings. The topological polar surface area (TPSA) is 50.2 Å². The van der Waals surface area contributed by atoms with Gasteiger partial charge in [0.25, 0.3) is 5.91 Å². The monoisotopic (exact) mass is 325 g/mol. The van der Waals surface area contributed by atoms with Crippen LogP contribution in [0.25, 0.3) is 0 Å². The number of amides is 1. The number of halogens is 1. The van der Waals surface area contributed by atoms with Crippen molar-refractivity contribution in [3.05, 3.63) is 35.6 Å². The van der Waals surface area contributed by atoms with Gasteiger partial charge in [-0.3, -0.25) is 4.79 Å². The summed E-state index contributed by atoms with van der Waals surface area (Å²) in [6.07, 6.45) is 0.716.